The van der Waals surface area contributed by atoms with Gasteiger partial charge in [0.05, 0.1) is 0 Å². The molecule has 0 spiro atoms. The van der Waals surface area contributed by atoms with E-state index in [-0.39, 0.29) is 0 Å². The highest BCUT2D eigenvalue weighted by atomic mass is 14.9. The minimum atomic E-state index is 0.402. The third-order valence-electron chi connectivity index (χ3n) is 4.00. The van der Waals surface area contributed by atoms with Crippen LogP contribution in [0.1, 0.15) is 80.9 Å². The molecular formula is C18H32N2. The minimum Gasteiger partial charge on any atom is -0.310 e. The zero-order chi connectivity index (χ0) is 15.0. The van der Waals surface area contributed by atoms with E-state index in [0.29, 0.717) is 6.04 Å². The second-order valence-corrected chi connectivity index (χ2v) is 6.02. The average Bonchev–Trinajstić information content (AvgIpc) is 2.36. The van der Waals surface area contributed by atoms with Gasteiger partial charge >= 0.3 is 0 Å². The van der Waals surface area contributed by atoms with Crippen molar-refractivity contribution < 1.29 is 0 Å². The molecule has 0 aliphatic rings. The zero-order valence-electron chi connectivity index (χ0n) is 14.1. The van der Waals surface area contributed by atoms with Crippen LogP contribution in [0.4, 0.5) is 0 Å². The van der Waals surface area contributed by atoms with Crippen LogP contribution in [-0.4, -0.2) is 11.5 Å². The van der Waals surface area contributed by atoms with Gasteiger partial charge in [-0.15, -0.1) is 0 Å². The Hall–Kier alpha value is -0.890. The van der Waals surface area contributed by atoms with Crippen molar-refractivity contribution in [3.63, 3.8) is 0 Å². The first-order chi connectivity index (χ1) is 9.56. The third kappa shape index (κ3) is 5.62. The molecule has 0 amide bonds. The summed E-state index contributed by atoms with van der Waals surface area (Å²) < 4.78 is 0. The van der Waals surface area contributed by atoms with Gasteiger partial charge in [0.1, 0.15) is 0 Å². The summed E-state index contributed by atoms with van der Waals surface area (Å²) in [6.07, 6.45) is 8.13. The molecule has 0 aliphatic heterocycles. The van der Waals surface area contributed by atoms with Gasteiger partial charge in [0.25, 0.3) is 0 Å². The molecule has 0 aromatic carbocycles. The van der Waals surface area contributed by atoms with Crippen LogP contribution >= 0.6 is 0 Å². The summed E-state index contributed by atoms with van der Waals surface area (Å²) >= 11 is 0. The SMILES string of the molecule is CCCCCCCCNC(C)c1c(C)cc(C)nc1C. The standard InChI is InChI=1S/C18H32N2/c1-6-7-8-9-10-11-12-19-16(4)18-14(2)13-15(3)20-17(18)5/h13,16,19H,6-12H2,1-5H3. The predicted octanol–water partition coefficient (Wildman–Crippen LogP) is 5.02. The lowest BCUT2D eigenvalue weighted by molar-refractivity contribution is 0.523. The van der Waals surface area contributed by atoms with Crippen LogP contribution in [0.3, 0.4) is 0 Å². The molecule has 1 aromatic rings. The van der Waals surface area contributed by atoms with E-state index in [2.05, 4.69) is 51.0 Å². The van der Waals surface area contributed by atoms with E-state index in [1.54, 1.807) is 0 Å². The Morgan fingerprint density at radius 1 is 1.05 bits per heavy atom. The van der Waals surface area contributed by atoms with Gasteiger partial charge in [0.2, 0.25) is 0 Å². The van der Waals surface area contributed by atoms with Crippen molar-refractivity contribution in [1.82, 2.24) is 10.3 Å². The van der Waals surface area contributed by atoms with Gasteiger partial charge in [0, 0.05) is 17.4 Å². The van der Waals surface area contributed by atoms with Crippen molar-refractivity contribution in [2.75, 3.05) is 6.54 Å². The first-order valence-electron chi connectivity index (χ1n) is 8.24. The number of hydrogen-bond donors (Lipinski definition) is 1. The van der Waals surface area contributed by atoms with Crippen molar-refractivity contribution in [1.29, 1.82) is 0 Å². The fraction of sp³-hybridized carbons (Fsp3) is 0.722. The van der Waals surface area contributed by atoms with Gasteiger partial charge in [-0.2, -0.15) is 0 Å². The van der Waals surface area contributed by atoms with E-state index in [1.165, 1.54) is 55.3 Å². The maximum absolute atomic E-state index is 4.59. The van der Waals surface area contributed by atoms with Crippen LogP contribution in [0.25, 0.3) is 0 Å². The van der Waals surface area contributed by atoms with Gasteiger partial charge in [-0.25, -0.2) is 0 Å². The molecule has 2 nitrogen and oxygen atoms in total. The first-order valence-corrected chi connectivity index (χ1v) is 8.24. The molecule has 0 aliphatic carbocycles. The molecule has 0 saturated carbocycles. The van der Waals surface area contributed by atoms with Gasteiger partial charge in [-0.3, -0.25) is 4.98 Å². The number of nitrogens with zero attached hydrogens (tertiary/aromatic N) is 1. The minimum absolute atomic E-state index is 0.402. The Morgan fingerprint density at radius 3 is 2.35 bits per heavy atom. The van der Waals surface area contributed by atoms with Gasteiger partial charge in [-0.05, 0) is 57.9 Å². The van der Waals surface area contributed by atoms with E-state index in [4.69, 9.17) is 0 Å². The molecule has 1 N–H and O–H groups in total. The number of hydrogen-bond acceptors (Lipinski definition) is 2. The Kier molecular flexibility index (Phi) is 7.83. The third-order valence-corrected chi connectivity index (χ3v) is 4.00. The Morgan fingerprint density at radius 2 is 1.70 bits per heavy atom. The summed E-state index contributed by atoms with van der Waals surface area (Å²) in [6, 6.07) is 2.59. The second-order valence-electron chi connectivity index (χ2n) is 6.02. The lowest BCUT2D eigenvalue weighted by atomic mass is 10.0. The monoisotopic (exact) mass is 276 g/mol. The smallest absolute Gasteiger partial charge is 0.0426 e. The highest BCUT2D eigenvalue weighted by Gasteiger charge is 2.12. The van der Waals surface area contributed by atoms with Crippen LogP contribution < -0.4 is 5.32 Å². The highest BCUT2D eigenvalue weighted by molar-refractivity contribution is 5.33. The Balaban J connectivity index is 2.34. The molecule has 1 heterocycles. The molecule has 0 radical (unpaired) electrons. The number of aromatic nitrogens is 1. The van der Waals surface area contributed by atoms with E-state index in [0.717, 1.165) is 12.2 Å². The summed E-state index contributed by atoms with van der Waals surface area (Å²) in [4.78, 5) is 4.59. The first kappa shape index (κ1) is 17.2. The summed E-state index contributed by atoms with van der Waals surface area (Å²) in [5, 5.41) is 3.65. The number of pyridine rings is 1. The highest BCUT2D eigenvalue weighted by Crippen LogP contribution is 2.21. The van der Waals surface area contributed by atoms with Crippen molar-refractivity contribution in [3.05, 3.63) is 28.6 Å². The van der Waals surface area contributed by atoms with Crippen LogP contribution in [0, 0.1) is 20.8 Å². The molecule has 1 atom stereocenters. The Labute approximate surface area is 125 Å². The maximum Gasteiger partial charge on any atom is 0.0426 e. The fourth-order valence-corrected chi connectivity index (χ4v) is 3.01. The molecule has 1 rings (SSSR count). The average molecular weight is 276 g/mol. The summed E-state index contributed by atoms with van der Waals surface area (Å²) in [6.45, 7) is 12.0. The molecule has 20 heavy (non-hydrogen) atoms. The molecule has 2 heteroatoms. The molecule has 0 bridgehead atoms. The zero-order valence-corrected chi connectivity index (χ0v) is 14.1. The molecule has 0 fully saturated rings. The number of nitrogens with one attached hydrogen (secondary N) is 1. The number of unbranched alkanes of at least 4 members (excludes halogenated alkanes) is 5. The summed E-state index contributed by atoms with van der Waals surface area (Å²) in [5.74, 6) is 0. The molecular weight excluding hydrogens is 244 g/mol. The molecule has 0 saturated heterocycles. The van der Waals surface area contributed by atoms with Crippen molar-refractivity contribution >= 4 is 0 Å². The number of rotatable bonds is 9. The molecule has 1 aromatic heterocycles. The normalized spacial score (nSPS) is 12.7. The summed E-state index contributed by atoms with van der Waals surface area (Å²) in [7, 11) is 0. The van der Waals surface area contributed by atoms with Crippen LogP contribution in [0.2, 0.25) is 0 Å². The topological polar surface area (TPSA) is 24.9 Å². The molecule has 1 unspecified atom stereocenters. The van der Waals surface area contributed by atoms with Crippen molar-refractivity contribution in [3.8, 4) is 0 Å². The number of aryl methyl sites for hydroxylation is 3. The van der Waals surface area contributed by atoms with E-state index in [1.807, 2.05) is 0 Å². The largest absolute Gasteiger partial charge is 0.310 e. The Bertz CT molecular complexity index is 375. The maximum atomic E-state index is 4.59. The second kappa shape index (κ2) is 9.12. The predicted molar refractivity (Wildman–Crippen MR) is 88.2 cm³/mol. The van der Waals surface area contributed by atoms with Crippen molar-refractivity contribution in [2.24, 2.45) is 0 Å². The summed E-state index contributed by atoms with van der Waals surface area (Å²) in [5.41, 5.74) is 5.02. The van der Waals surface area contributed by atoms with E-state index in [9.17, 15) is 0 Å². The molecule has 114 valence electrons. The van der Waals surface area contributed by atoms with Gasteiger partial charge < -0.3 is 5.32 Å². The van der Waals surface area contributed by atoms with Crippen molar-refractivity contribution in [2.45, 2.75) is 79.2 Å². The van der Waals surface area contributed by atoms with Crippen LogP contribution in [0.5, 0.6) is 0 Å². The van der Waals surface area contributed by atoms with Gasteiger partial charge in [0.15, 0.2) is 0 Å². The lowest BCUT2D eigenvalue weighted by Crippen LogP contribution is -2.22. The van der Waals surface area contributed by atoms with E-state index < -0.39 is 0 Å². The quantitative estimate of drug-likeness (QED) is 0.641. The fourth-order valence-electron chi connectivity index (χ4n) is 3.01. The van der Waals surface area contributed by atoms with Crippen LogP contribution in [0.15, 0.2) is 6.07 Å². The van der Waals surface area contributed by atoms with Crippen LogP contribution in [-0.2, 0) is 0 Å². The lowest BCUT2D eigenvalue weighted by Gasteiger charge is -2.19. The van der Waals surface area contributed by atoms with Gasteiger partial charge in [-0.1, -0.05) is 39.0 Å². The van der Waals surface area contributed by atoms with E-state index >= 15 is 0 Å².